The fourth-order valence-corrected chi connectivity index (χ4v) is 2.15. The van der Waals surface area contributed by atoms with Crippen LogP contribution in [-0.4, -0.2) is 28.6 Å². The first kappa shape index (κ1) is 13.7. The van der Waals surface area contributed by atoms with Gasteiger partial charge in [-0.3, -0.25) is 0 Å². The number of hydrogen-bond acceptors (Lipinski definition) is 7. The van der Waals surface area contributed by atoms with Gasteiger partial charge in [0, 0.05) is 25.1 Å². The highest BCUT2D eigenvalue weighted by atomic mass is 32.1. The zero-order valence-corrected chi connectivity index (χ0v) is 11.9. The zero-order chi connectivity index (χ0) is 13.7. The first-order chi connectivity index (χ1) is 9.19. The van der Waals surface area contributed by atoms with Gasteiger partial charge < -0.3 is 15.4 Å². The molecule has 19 heavy (non-hydrogen) atoms. The maximum Gasteiger partial charge on any atom is 0.158 e. The molecule has 0 saturated carbocycles. The predicted octanol–water partition coefficient (Wildman–Crippen LogP) is 1.69. The fraction of sp³-hybridized carbons (Fsp3) is 0.417. The molecule has 6 nitrogen and oxygen atoms in total. The van der Waals surface area contributed by atoms with E-state index < -0.39 is 0 Å². The average Bonchev–Trinajstić information content (AvgIpc) is 2.88. The molecule has 0 fully saturated rings. The largest absolute Gasteiger partial charge is 0.384 e. The van der Waals surface area contributed by atoms with Gasteiger partial charge >= 0.3 is 0 Å². The molecule has 102 valence electrons. The maximum absolute atomic E-state index is 5.80. The summed E-state index contributed by atoms with van der Waals surface area (Å²) in [7, 11) is 1.95. The summed E-state index contributed by atoms with van der Waals surface area (Å²) in [6, 6.07) is 1.75. The molecule has 0 saturated heterocycles. The number of thiazole rings is 1. The highest BCUT2D eigenvalue weighted by Crippen LogP contribution is 2.16. The number of nitrogen functional groups attached to an aromatic ring is 1. The number of anilines is 2. The molecule has 0 amide bonds. The van der Waals surface area contributed by atoms with Crippen LogP contribution in [-0.2, 0) is 17.9 Å². The van der Waals surface area contributed by atoms with Crippen molar-refractivity contribution in [3.63, 3.8) is 0 Å². The average molecular weight is 279 g/mol. The van der Waals surface area contributed by atoms with Gasteiger partial charge in [-0.05, 0) is 6.92 Å². The van der Waals surface area contributed by atoms with Gasteiger partial charge in [-0.15, -0.1) is 11.3 Å². The molecule has 2 N–H and O–H groups in total. The maximum atomic E-state index is 5.80. The topological polar surface area (TPSA) is 77.2 Å². The Labute approximate surface area is 116 Å². The van der Waals surface area contributed by atoms with Gasteiger partial charge in [-0.1, -0.05) is 0 Å². The second-order valence-electron chi connectivity index (χ2n) is 4.04. The Hall–Kier alpha value is -1.73. The standard InChI is InChI=1S/C12H17N5OS/c1-3-18-6-11-15-10(13)4-12(16-11)17(2)5-9-7-19-8-14-9/h4,7-8H,3,5-6H2,1-2H3,(H2,13,15,16). The Morgan fingerprint density at radius 3 is 2.95 bits per heavy atom. The van der Waals surface area contributed by atoms with Gasteiger partial charge in [0.2, 0.25) is 0 Å². The molecule has 0 aliphatic rings. The molecule has 0 aliphatic heterocycles. The SMILES string of the molecule is CCOCc1nc(N)cc(N(C)Cc2cscn2)n1. The zero-order valence-electron chi connectivity index (χ0n) is 11.0. The van der Waals surface area contributed by atoms with E-state index in [1.54, 1.807) is 17.4 Å². The smallest absolute Gasteiger partial charge is 0.158 e. The first-order valence-electron chi connectivity index (χ1n) is 5.98. The van der Waals surface area contributed by atoms with Crippen LogP contribution in [0.3, 0.4) is 0 Å². The van der Waals surface area contributed by atoms with Crippen LogP contribution in [0, 0.1) is 0 Å². The molecular formula is C12H17N5OS. The molecule has 2 aromatic heterocycles. The Morgan fingerprint density at radius 2 is 2.26 bits per heavy atom. The summed E-state index contributed by atoms with van der Waals surface area (Å²) in [6.45, 7) is 3.62. The number of nitrogens with two attached hydrogens (primary N) is 1. The van der Waals surface area contributed by atoms with Crippen LogP contribution in [0.5, 0.6) is 0 Å². The lowest BCUT2D eigenvalue weighted by molar-refractivity contribution is 0.128. The highest BCUT2D eigenvalue weighted by molar-refractivity contribution is 7.07. The molecule has 0 unspecified atom stereocenters. The molecule has 0 aromatic carbocycles. The third-order valence-corrected chi connectivity index (χ3v) is 3.12. The normalized spacial score (nSPS) is 10.6. The van der Waals surface area contributed by atoms with E-state index in [9.17, 15) is 0 Å². The van der Waals surface area contributed by atoms with E-state index in [0.29, 0.717) is 31.4 Å². The van der Waals surface area contributed by atoms with E-state index >= 15 is 0 Å². The van der Waals surface area contributed by atoms with E-state index in [1.165, 1.54) is 0 Å². The lowest BCUT2D eigenvalue weighted by Crippen LogP contribution is -2.19. The van der Waals surface area contributed by atoms with Crippen molar-refractivity contribution in [2.45, 2.75) is 20.1 Å². The molecule has 7 heteroatoms. The van der Waals surface area contributed by atoms with Gasteiger partial charge in [-0.25, -0.2) is 15.0 Å². The monoisotopic (exact) mass is 279 g/mol. The van der Waals surface area contributed by atoms with Gasteiger partial charge in [0.1, 0.15) is 18.2 Å². The van der Waals surface area contributed by atoms with Gasteiger partial charge in [-0.2, -0.15) is 0 Å². The Morgan fingerprint density at radius 1 is 1.42 bits per heavy atom. The summed E-state index contributed by atoms with van der Waals surface area (Å²) in [6.07, 6.45) is 0. The van der Waals surface area contributed by atoms with Crippen LogP contribution < -0.4 is 10.6 Å². The molecular weight excluding hydrogens is 262 g/mol. The predicted molar refractivity (Wildman–Crippen MR) is 76.0 cm³/mol. The van der Waals surface area contributed by atoms with Crippen LogP contribution >= 0.6 is 11.3 Å². The van der Waals surface area contributed by atoms with E-state index in [4.69, 9.17) is 10.5 Å². The van der Waals surface area contributed by atoms with Crippen LogP contribution in [0.25, 0.3) is 0 Å². The van der Waals surface area contributed by atoms with E-state index in [0.717, 1.165) is 11.5 Å². The van der Waals surface area contributed by atoms with Crippen LogP contribution in [0.2, 0.25) is 0 Å². The third-order valence-electron chi connectivity index (χ3n) is 2.49. The summed E-state index contributed by atoms with van der Waals surface area (Å²) in [4.78, 5) is 14.8. The quantitative estimate of drug-likeness (QED) is 0.867. The van der Waals surface area contributed by atoms with Crippen molar-refractivity contribution in [1.82, 2.24) is 15.0 Å². The van der Waals surface area contributed by atoms with Crippen molar-refractivity contribution in [1.29, 1.82) is 0 Å². The molecule has 0 spiro atoms. The van der Waals surface area contributed by atoms with E-state index in [2.05, 4.69) is 15.0 Å². The van der Waals surface area contributed by atoms with Gasteiger partial charge in [0.05, 0.1) is 17.7 Å². The van der Waals surface area contributed by atoms with Crippen molar-refractivity contribution in [2.75, 3.05) is 24.3 Å². The number of hydrogen-bond donors (Lipinski definition) is 1. The molecule has 0 bridgehead atoms. The lowest BCUT2D eigenvalue weighted by atomic mass is 10.4. The van der Waals surface area contributed by atoms with Crippen LogP contribution in [0.1, 0.15) is 18.4 Å². The Kier molecular flexibility index (Phi) is 4.64. The molecule has 2 rings (SSSR count). The van der Waals surface area contributed by atoms with Crippen LogP contribution in [0.4, 0.5) is 11.6 Å². The van der Waals surface area contributed by atoms with Crippen molar-refractivity contribution in [3.8, 4) is 0 Å². The second kappa shape index (κ2) is 6.44. The first-order valence-corrected chi connectivity index (χ1v) is 6.92. The number of rotatable bonds is 6. The lowest BCUT2D eigenvalue weighted by Gasteiger charge is -2.17. The molecule has 0 atom stereocenters. The summed E-state index contributed by atoms with van der Waals surface area (Å²) in [5, 5.41) is 2.02. The molecule has 0 aliphatic carbocycles. The summed E-state index contributed by atoms with van der Waals surface area (Å²) in [5.41, 5.74) is 8.62. The minimum atomic E-state index is 0.374. The minimum Gasteiger partial charge on any atom is -0.384 e. The number of aromatic nitrogens is 3. The van der Waals surface area contributed by atoms with E-state index in [-0.39, 0.29) is 0 Å². The van der Waals surface area contributed by atoms with Crippen molar-refractivity contribution < 1.29 is 4.74 Å². The Balaban J connectivity index is 2.11. The third kappa shape index (κ3) is 3.87. The minimum absolute atomic E-state index is 0.374. The molecule has 2 heterocycles. The summed E-state index contributed by atoms with van der Waals surface area (Å²) < 4.78 is 5.31. The Bertz CT molecular complexity index is 517. The molecule has 2 aromatic rings. The number of nitrogens with zero attached hydrogens (tertiary/aromatic N) is 4. The van der Waals surface area contributed by atoms with Gasteiger partial charge in [0.25, 0.3) is 0 Å². The van der Waals surface area contributed by atoms with Crippen molar-refractivity contribution in [2.24, 2.45) is 0 Å². The van der Waals surface area contributed by atoms with E-state index in [1.807, 2.05) is 29.8 Å². The highest BCUT2D eigenvalue weighted by Gasteiger charge is 2.08. The van der Waals surface area contributed by atoms with Crippen molar-refractivity contribution in [3.05, 3.63) is 28.5 Å². The summed E-state index contributed by atoms with van der Waals surface area (Å²) in [5.74, 6) is 1.82. The van der Waals surface area contributed by atoms with Crippen LogP contribution in [0.15, 0.2) is 17.0 Å². The number of ether oxygens (including phenoxy) is 1. The molecule has 0 radical (unpaired) electrons. The van der Waals surface area contributed by atoms with Crippen molar-refractivity contribution >= 4 is 23.0 Å². The second-order valence-corrected chi connectivity index (χ2v) is 4.76. The van der Waals surface area contributed by atoms with Gasteiger partial charge in [0.15, 0.2) is 5.82 Å². The fourth-order valence-electron chi connectivity index (χ4n) is 1.60. The summed E-state index contributed by atoms with van der Waals surface area (Å²) >= 11 is 1.58.